The summed E-state index contributed by atoms with van der Waals surface area (Å²) in [7, 11) is 1.32. The van der Waals surface area contributed by atoms with Gasteiger partial charge in [0.05, 0.1) is 38.6 Å². The Bertz CT molecular complexity index is 931. The predicted molar refractivity (Wildman–Crippen MR) is 146 cm³/mol. The third-order valence-electron chi connectivity index (χ3n) is 8.98. The van der Waals surface area contributed by atoms with Crippen molar-refractivity contribution in [2.45, 2.75) is 136 Å². The van der Waals surface area contributed by atoms with Gasteiger partial charge in [0, 0.05) is 7.11 Å². The van der Waals surface area contributed by atoms with E-state index in [1.807, 2.05) is 0 Å². The van der Waals surface area contributed by atoms with Crippen molar-refractivity contribution in [2.24, 2.45) is 0 Å². The van der Waals surface area contributed by atoms with E-state index in [0.717, 1.165) is 0 Å². The Morgan fingerprint density at radius 1 is 0.457 bits per heavy atom. The molecular weight excluding hydrogens is 628 g/mol. The molecule has 20 atom stereocenters. The molecule has 4 rings (SSSR count). The van der Waals surface area contributed by atoms with Crippen LogP contribution in [-0.4, -0.2) is 212 Å². The second-order valence-electron chi connectivity index (χ2n) is 12.0. The third-order valence-corrected chi connectivity index (χ3v) is 8.98. The van der Waals surface area contributed by atoms with Crippen LogP contribution in [0.15, 0.2) is 0 Å². The minimum absolute atomic E-state index is 0.481. The molecule has 0 radical (unpaired) electrons. The molecule has 11 N–H and O–H groups in total. The molecule has 270 valence electrons. The van der Waals surface area contributed by atoms with Gasteiger partial charge in [0.15, 0.2) is 12.6 Å². The number of ether oxygens (including phenoxy) is 8. The Kier molecular flexibility index (Phi) is 13.5. The van der Waals surface area contributed by atoms with Crippen molar-refractivity contribution in [3.63, 3.8) is 0 Å². The lowest BCUT2D eigenvalue weighted by molar-refractivity contribution is -0.375. The summed E-state index contributed by atoms with van der Waals surface area (Å²) in [5, 5.41) is 114. The van der Waals surface area contributed by atoms with Crippen LogP contribution in [0.5, 0.6) is 0 Å². The standard InChI is InChI=1S/C27H48O19/c1-8-14(31)23(16(33)11(5-29)41-8)45-27-21(38)24(46-26-20(37)19(36)15(32)10(4-28)43-26)18(35)13(44-27)7-40-22-9(2)42-12(6-30)17(34)25(22)39-3/h8-38H,4-7H2,1-3H3/t8-,9-,10?,11?,12?,13?,14?,15+,16+,17+,18+,19-,20?,21?,22?,23+,24-,25-,26-,27-/m0/s1. The van der Waals surface area contributed by atoms with Crippen molar-refractivity contribution < 1.29 is 94.1 Å². The molecule has 46 heavy (non-hydrogen) atoms. The minimum atomic E-state index is -1.92. The molecule has 4 aliphatic rings. The summed E-state index contributed by atoms with van der Waals surface area (Å²) in [6.45, 7) is 0.698. The molecule has 0 aromatic carbocycles. The topological polar surface area (TPSA) is 296 Å². The Labute approximate surface area is 264 Å². The van der Waals surface area contributed by atoms with E-state index in [-0.39, 0.29) is 0 Å². The second kappa shape index (κ2) is 16.3. The van der Waals surface area contributed by atoms with Crippen LogP contribution in [0.3, 0.4) is 0 Å². The fourth-order valence-corrected chi connectivity index (χ4v) is 6.20. The molecule has 0 bridgehead atoms. The Morgan fingerprint density at radius 2 is 0.913 bits per heavy atom. The summed E-state index contributed by atoms with van der Waals surface area (Å²) in [6.07, 6.45) is -28.8. The maximum Gasteiger partial charge on any atom is 0.187 e. The molecule has 19 nitrogen and oxygen atoms in total. The highest BCUT2D eigenvalue weighted by atomic mass is 16.7. The quantitative estimate of drug-likeness (QED) is 0.0969. The van der Waals surface area contributed by atoms with Gasteiger partial charge < -0.3 is 94.1 Å². The first-order valence-electron chi connectivity index (χ1n) is 15.1. The maximum absolute atomic E-state index is 11.3. The number of hydrogen-bond acceptors (Lipinski definition) is 19. The first kappa shape index (κ1) is 38.0. The van der Waals surface area contributed by atoms with E-state index in [1.165, 1.54) is 14.0 Å². The van der Waals surface area contributed by atoms with Gasteiger partial charge in [0.1, 0.15) is 97.7 Å². The third kappa shape index (κ3) is 7.68. The molecule has 0 amide bonds. The molecule has 8 unspecified atom stereocenters. The fraction of sp³-hybridized carbons (Fsp3) is 1.00. The largest absolute Gasteiger partial charge is 0.394 e. The Balaban J connectivity index is 1.58. The van der Waals surface area contributed by atoms with Gasteiger partial charge in [-0.3, -0.25) is 0 Å². The van der Waals surface area contributed by atoms with E-state index in [4.69, 9.17) is 37.9 Å². The van der Waals surface area contributed by atoms with Gasteiger partial charge in [-0.2, -0.15) is 0 Å². The lowest BCUT2D eigenvalue weighted by Gasteiger charge is -2.48. The van der Waals surface area contributed by atoms with Crippen LogP contribution in [-0.2, 0) is 37.9 Å². The highest BCUT2D eigenvalue weighted by Gasteiger charge is 2.54. The molecule has 4 heterocycles. The van der Waals surface area contributed by atoms with Crippen molar-refractivity contribution in [3.8, 4) is 0 Å². The molecule has 0 aliphatic carbocycles. The molecule has 0 aromatic heterocycles. The van der Waals surface area contributed by atoms with Crippen molar-refractivity contribution in [1.29, 1.82) is 0 Å². The van der Waals surface area contributed by atoms with Gasteiger partial charge in [-0.1, -0.05) is 0 Å². The minimum Gasteiger partial charge on any atom is -0.394 e. The van der Waals surface area contributed by atoms with Crippen molar-refractivity contribution in [3.05, 3.63) is 0 Å². The number of methoxy groups -OCH3 is 1. The Morgan fingerprint density at radius 3 is 1.48 bits per heavy atom. The highest BCUT2D eigenvalue weighted by molar-refractivity contribution is 4.98. The molecule has 19 heteroatoms. The molecule has 4 saturated heterocycles. The zero-order valence-electron chi connectivity index (χ0n) is 25.6. The summed E-state index contributed by atoms with van der Waals surface area (Å²) in [6, 6.07) is 0. The number of rotatable bonds is 11. The van der Waals surface area contributed by atoms with Crippen LogP contribution in [0.1, 0.15) is 13.8 Å². The Hall–Kier alpha value is -0.760. The van der Waals surface area contributed by atoms with E-state index in [0.29, 0.717) is 0 Å². The summed E-state index contributed by atoms with van der Waals surface area (Å²) >= 11 is 0. The number of aliphatic hydroxyl groups excluding tert-OH is 11. The summed E-state index contributed by atoms with van der Waals surface area (Å²) in [5.74, 6) is 0. The molecule has 4 fully saturated rings. The smallest absolute Gasteiger partial charge is 0.187 e. The highest BCUT2D eigenvalue weighted by Crippen LogP contribution is 2.33. The van der Waals surface area contributed by atoms with E-state index < -0.39 is 149 Å². The molecule has 0 saturated carbocycles. The van der Waals surface area contributed by atoms with Gasteiger partial charge in [0.2, 0.25) is 0 Å². The second-order valence-corrected chi connectivity index (χ2v) is 12.0. The van der Waals surface area contributed by atoms with Crippen molar-refractivity contribution in [1.82, 2.24) is 0 Å². The molecule has 0 aromatic rings. The van der Waals surface area contributed by atoms with Gasteiger partial charge in [-0.25, -0.2) is 0 Å². The first-order valence-corrected chi connectivity index (χ1v) is 15.1. The number of hydrogen-bond donors (Lipinski definition) is 11. The zero-order chi connectivity index (χ0) is 34.0. The summed E-state index contributed by atoms with van der Waals surface area (Å²) < 4.78 is 45.1. The summed E-state index contributed by atoms with van der Waals surface area (Å²) in [5.41, 5.74) is 0. The normalized spacial score (nSPS) is 52.0. The molecule has 4 aliphatic heterocycles. The van der Waals surface area contributed by atoms with Crippen LogP contribution < -0.4 is 0 Å². The van der Waals surface area contributed by atoms with Gasteiger partial charge in [-0.15, -0.1) is 0 Å². The lowest BCUT2D eigenvalue weighted by Crippen LogP contribution is -2.67. The van der Waals surface area contributed by atoms with Crippen LogP contribution >= 0.6 is 0 Å². The van der Waals surface area contributed by atoms with Crippen LogP contribution in [0.2, 0.25) is 0 Å². The average Bonchev–Trinajstić information content (AvgIpc) is 3.04. The predicted octanol–water partition coefficient (Wildman–Crippen LogP) is -6.95. The van der Waals surface area contributed by atoms with E-state index >= 15 is 0 Å². The lowest BCUT2D eigenvalue weighted by atomic mass is 9.94. The zero-order valence-corrected chi connectivity index (χ0v) is 25.6. The maximum atomic E-state index is 11.3. The fourth-order valence-electron chi connectivity index (χ4n) is 6.20. The van der Waals surface area contributed by atoms with E-state index in [9.17, 15) is 56.2 Å². The average molecular weight is 677 g/mol. The molecular formula is C27H48O19. The van der Waals surface area contributed by atoms with Crippen LogP contribution in [0, 0.1) is 0 Å². The van der Waals surface area contributed by atoms with E-state index in [1.54, 1.807) is 6.92 Å². The van der Waals surface area contributed by atoms with E-state index in [2.05, 4.69) is 0 Å². The first-order chi connectivity index (χ1) is 21.8. The van der Waals surface area contributed by atoms with Gasteiger partial charge in [0.25, 0.3) is 0 Å². The molecule has 0 spiro atoms. The SMILES string of the molecule is CO[C@@H]1C(OCC2O[C@@H](O[C@@H]3C(O)[C@H](C)OC(CO)[C@H]3O)C(O)[C@@H](O[C@@H]3OC(CO)[C@@H](O)[C@H](O)C3O)[C@@H]2O)[C@H](C)OC(CO)[C@H]1O. The van der Waals surface area contributed by atoms with Gasteiger partial charge >= 0.3 is 0 Å². The van der Waals surface area contributed by atoms with Crippen molar-refractivity contribution in [2.75, 3.05) is 33.5 Å². The van der Waals surface area contributed by atoms with Crippen LogP contribution in [0.4, 0.5) is 0 Å². The van der Waals surface area contributed by atoms with Crippen LogP contribution in [0.25, 0.3) is 0 Å². The number of aliphatic hydroxyl groups is 11. The van der Waals surface area contributed by atoms with Crippen molar-refractivity contribution >= 4 is 0 Å². The van der Waals surface area contributed by atoms with Gasteiger partial charge in [-0.05, 0) is 13.8 Å². The summed E-state index contributed by atoms with van der Waals surface area (Å²) in [4.78, 5) is 0. The monoisotopic (exact) mass is 676 g/mol.